The second-order valence-electron chi connectivity index (χ2n) is 5.00. The first-order valence-corrected chi connectivity index (χ1v) is 7.98. The van der Waals surface area contributed by atoms with Crippen LogP contribution >= 0.6 is 11.3 Å². The number of amides is 1. The Morgan fingerprint density at radius 3 is 2.04 bits per heavy atom. The second kappa shape index (κ2) is 7.01. The van der Waals surface area contributed by atoms with Crippen LogP contribution in [0.3, 0.4) is 0 Å². The summed E-state index contributed by atoms with van der Waals surface area (Å²) in [6.45, 7) is 0. The van der Waals surface area contributed by atoms with Gasteiger partial charge in [-0.15, -0.1) is 0 Å². The molecule has 1 aromatic heterocycles. The minimum absolute atomic E-state index is 0.110. The zero-order valence-electron chi connectivity index (χ0n) is 12.5. The molecule has 0 saturated carbocycles. The van der Waals surface area contributed by atoms with Gasteiger partial charge in [0.25, 0.3) is 0 Å². The third-order valence-corrected chi connectivity index (χ3v) is 4.30. The number of nitrogens with zero attached hydrogens (tertiary/aromatic N) is 2. The molecular formula is C17H13N3O3S. The Kier molecular flexibility index (Phi) is 4.62. The van der Waals surface area contributed by atoms with Crippen molar-refractivity contribution >= 4 is 27.4 Å². The molecule has 0 aliphatic carbocycles. The van der Waals surface area contributed by atoms with Crippen molar-refractivity contribution in [3.8, 4) is 0 Å². The van der Waals surface area contributed by atoms with Crippen LogP contribution in [0.25, 0.3) is 0 Å². The molecule has 0 bridgehead atoms. The predicted molar refractivity (Wildman–Crippen MR) is 92.1 cm³/mol. The van der Waals surface area contributed by atoms with E-state index in [-0.39, 0.29) is 16.0 Å². The van der Waals surface area contributed by atoms with Gasteiger partial charge in [-0.1, -0.05) is 60.7 Å². The minimum atomic E-state index is -0.529. The lowest BCUT2D eigenvalue weighted by Gasteiger charge is -2.16. The van der Waals surface area contributed by atoms with E-state index in [0.29, 0.717) is 0 Å². The SMILES string of the molecule is O=C(Nc1ncc([N+](=O)[O-])s1)C(c1ccccc1)c1ccccc1. The summed E-state index contributed by atoms with van der Waals surface area (Å²) in [4.78, 5) is 26.9. The fraction of sp³-hybridized carbons (Fsp3) is 0.0588. The van der Waals surface area contributed by atoms with Gasteiger partial charge in [0.2, 0.25) is 5.91 Å². The highest BCUT2D eigenvalue weighted by Gasteiger charge is 2.24. The molecule has 0 aliphatic rings. The predicted octanol–water partition coefficient (Wildman–Crippen LogP) is 3.82. The number of benzene rings is 2. The largest absolute Gasteiger partial charge is 0.345 e. The Bertz CT molecular complexity index is 810. The summed E-state index contributed by atoms with van der Waals surface area (Å²) in [7, 11) is 0. The molecule has 1 heterocycles. The molecule has 0 atom stereocenters. The van der Waals surface area contributed by atoms with Crippen molar-refractivity contribution in [1.29, 1.82) is 0 Å². The van der Waals surface area contributed by atoms with Crippen molar-refractivity contribution in [2.24, 2.45) is 0 Å². The van der Waals surface area contributed by atoms with Gasteiger partial charge in [0, 0.05) is 0 Å². The molecule has 0 unspecified atom stereocenters. The van der Waals surface area contributed by atoms with Crippen molar-refractivity contribution in [2.75, 3.05) is 5.32 Å². The Hall–Kier alpha value is -3.06. The maximum absolute atomic E-state index is 12.8. The average Bonchev–Trinajstić information content (AvgIpc) is 3.06. The molecule has 0 fully saturated rings. The summed E-state index contributed by atoms with van der Waals surface area (Å²) in [6.07, 6.45) is 1.14. The molecule has 120 valence electrons. The highest BCUT2D eigenvalue weighted by atomic mass is 32.1. The van der Waals surface area contributed by atoms with Gasteiger partial charge in [-0.3, -0.25) is 14.9 Å². The summed E-state index contributed by atoms with van der Waals surface area (Å²) in [5.74, 6) is -0.799. The molecule has 3 rings (SSSR count). The van der Waals surface area contributed by atoms with E-state index in [9.17, 15) is 14.9 Å². The molecule has 0 aliphatic heterocycles. The number of thiazole rings is 1. The van der Waals surface area contributed by atoms with Gasteiger partial charge in [0.15, 0.2) is 5.13 Å². The minimum Gasteiger partial charge on any atom is -0.301 e. The van der Waals surface area contributed by atoms with Crippen LogP contribution < -0.4 is 5.32 Å². The number of nitrogens with one attached hydrogen (secondary N) is 1. The molecule has 2 aromatic carbocycles. The summed E-state index contributed by atoms with van der Waals surface area (Å²) < 4.78 is 0. The quantitative estimate of drug-likeness (QED) is 0.565. The zero-order chi connectivity index (χ0) is 16.9. The van der Waals surface area contributed by atoms with E-state index >= 15 is 0 Å². The van der Waals surface area contributed by atoms with E-state index in [1.807, 2.05) is 60.7 Å². The van der Waals surface area contributed by atoms with Crippen LogP contribution in [0.1, 0.15) is 17.0 Å². The lowest BCUT2D eigenvalue weighted by Crippen LogP contribution is -2.22. The van der Waals surface area contributed by atoms with E-state index in [1.54, 1.807) is 0 Å². The zero-order valence-corrected chi connectivity index (χ0v) is 13.3. The molecule has 0 radical (unpaired) electrons. The number of hydrogen-bond donors (Lipinski definition) is 1. The molecular weight excluding hydrogens is 326 g/mol. The van der Waals surface area contributed by atoms with Gasteiger partial charge in [0.05, 0.1) is 10.8 Å². The Morgan fingerprint density at radius 1 is 1.04 bits per heavy atom. The van der Waals surface area contributed by atoms with Crippen molar-refractivity contribution in [3.63, 3.8) is 0 Å². The molecule has 0 spiro atoms. The lowest BCUT2D eigenvalue weighted by molar-refractivity contribution is -0.380. The Labute approximate surface area is 141 Å². The van der Waals surface area contributed by atoms with Crippen LogP contribution in [0.15, 0.2) is 66.9 Å². The molecule has 3 aromatic rings. The standard InChI is InChI=1S/C17H13N3O3S/c21-16(19-17-18-11-14(24-17)20(22)23)15(12-7-3-1-4-8-12)13-9-5-2-6-10-13/h1-11,15H,(H,18,19,21). The van der Waals surface area contributed by atoms with Crippen LogP contribution in [0.5, 0.6) is 0 Å². The number of carbonyl (C=O) groups is 1. The third kappa shape index (κ3) is 3.47. The smallest absolute Gasteiger partial charge is 0.301 e. The van der Waals surface area contributed by atoms with Gasteiger partial charge < -0.3 is 5.32 Å². The van der Waals surface area contributed by atoms with Crippen molar-refractivity contribution < 1.29 is 9.72 Å². The monoisotopic (exact) mass is 339 g/mol. The van der Waals surface area contributed by atoms with Crippen molar-refractivity contribution in [2.45, 2.75) is 5.92 Å². The van der Waals surface area contributed by atoms with Gasteiger partial charge in [-0.25, -0.2) is 4.98 Å². The molecule has 1 amide bonds. The first kappa shape index (κ1) is 15.8. The third-order valence-electron chi connectivity index (χ3n) is 3.43. The van der Waals surface area contributed by atoms with Crippen LogP contribution in [-0.2, 0) is 4.79 Å². The Balaban J connectivity index is 1.90. The number of hydrogen-bond acceptors (Lipinski definition) is 5. The van der Waals surface area contributed by atoms with Crippen LogP contribution in [0.2, 0.25) is 0 Å². The van der Waals surface area contributed by atoms with Crippen LogP contribution in [0.4, 0.5) is 10.1 Å². The first-order valence-electron chi connectivity index (χ1n) is 7.16. The second-order valence-corrected chi connectivity index (χ2v) is 6.01. The first-order chi connectivity index (χ1) is 11.6. The average molecular weight is 339 g/mol. The van der Waals surface area contributed by atoms with Gasteiger partial charge >= 0.3 is 5.00 Å². The highest BCUT2D eigenvalue weighted by molar-refractivity contribution is 7.18. The number of carbonyl (C=O) groups excluding carboxylic acids is 1. The van der Waals surface area contributed by atoms with Crippen LogP contribution in [-0.4, -0.2) is 15.8 Å². The number of rotatable bonds is 5. The molecule has 0 saturated heterocycles. The highest BCUT2D eigenvalue weighted by Crippen LogP contribution is 2.29. The number of anilines is 1. The summed E-state index contributed by atoms with van der Waals surface area (Å²) >= 11 is 0.835. The summed E-state index contributed by atoms with van der Waals surface area (Å²) in [5, 5.41) is 13.5. The maximum Gasteiger partial charge on any atom is 0.345 e. The van der Waals surface area contributed by atoms with Crippen molar-refractivity contribution in [1.82, 2.24) is 4.98 Å². The normalized spacial score (nSPS) is 10.5. The van der Waals surface area contributed by atoms with Crippen molar-refractivity contribution in [3.05, 3.63) is 88.1 Å². The van der Waals surface area contributed by atoms with Crippen LogP contribution in [0, 0.1) is 10.1 Å². The van der Waals surface area contributed by atoms with Gasteiger partial charge in [-0.2, -0.15) is 0 Å². The Morgan fingerprint density at radius 2 is 1.58 bits per heavy atom. The fourth-order valence-corrected chi connectivity index (χ4v) is 3.01. The lowest BCUT2D eigenvalue weighted by atomic mass is 9.90. The molecule has 24 heavy (non-hydrogen) atoms. The summed E-state index contributed by atoms with van der Waals surface area (Å²) in [5.41, 5.74) is 1.68. The molecule has 6 nitrogen and oxygen atoms in total. The van der Waals surface area contributed by atoms with E-state index in [4.69, 9.17) is 0 Å². The number of aromatic nitrogens is 1. The topological polar surface area (TPSA) is 85.1 Å². The fourth-order valence-electron chi connectivity index (χ4n) is 2.37. The van der Waals surface area contributed by atoms with Gasteiger partial charge in [0.1, 0.15) is 6.20 Å². The van der Waals surface area contributed by atoms with Gasteiger partial charge in [-0.05, 0) is 22.5 Å². The molecule has 1 N–H and O–H groups in total. The number of nitro groups is 1. The molecule has 7 heteroatoms. The van der Waals surface area contributed by atoms with E-state index in [1.165, 1.54) is 0 Å². The van der Waals surface area contributed by atoms with E-state index in [0.717, 1.165) is 28.7 Å². The van der Waals surface area contributed by atoms with E-state index < -0.39 is 10.8 Å². The maximum atomic E-state index is 12.8. The summed E-state index contributed by atoms with van der Waals surface area (Å²) in [6, 6.07) is 18.7. The van der Waals surface area contributed by atoms with E-state index in [2.05, 4.69) is 10.3 Å².